The largest absolute Gasteiger partial charge is 0.425 e. The smallest absolute Gasteiger partial charge is 0.398 e. The van der Waals surface area contributed by atoms with Crippen LogP contribution >= 0.6 is 28.5 Å². The van der Waals surface area contributed by atoms with E-state index in [4.69, 9.17) is 15.8 Å². The third-order valence-corrected chi connectivity index (χ3v) is 6.19. The first kappa shape index (κ1) is 14.5. The monoisotopic (exact) mass is 312 g/mol. The van der Waals surface area contributed by atoms with Crippen molar-refractivity contribution in [1.82, 2.24) is 0 Å². The third-order valence-electron chi connectivity index (χ3n) is 2.60. The molecule has 1 atom stereocenters. The Kier molecular flexibility index (Phi) is 4.62. The summed E-state index contributed by atoms with van der Waals surface area (Å²) in [5.41, 5.74) is 1.94. The summed E-state index contributed by atoms with van der Waals surface area (Å²) in [7, 11) is 0. The first-order valence-corrected chi connectivity index (χ1v) is 9.73. The minimum absolute atomic E-state index is 0.557. The van der Waals surface area contributed by atoms with Crippen LogP contribution in [0, 0.1) is 13.8 Å². The summed E-state index contributed by atoms with van der Waals surface area (Å²) in [6.07, 6.45) is 0. The van der Waals surface area contributed by atoms with Crippen LogP contribution in [0.3, 0.4) is 0 Å². The molecule has 0 N–H and O–H groups in total. The molecule has 2 nitrogen and oxygen atoms in total. The summed E-state index contributed by atoms with van der Waals surface area (Å²) < 4.78 is 17.8. The highest BCUT2D eigenvalue weighted by Crippen LogP contribution is 2.66. The predicted molar refractivity (Wildman–Crippen MR) is 82.3 cm³/mol. The lowest BCUT2D eigenvalue weighted by atomic mass is 10.2. The van der Waals surface area contributed by atoms with Crippen molar-refractivity contribution in [3.05, 3.63) is 59.7 Å². The second-order valence-electron chi connectivity index (χ2n) is 4.14. The number of aryl methyl sites for hydroxylation is 2. The molecule has 0 aliphatic carbocycles. The van der Waals surface area contributed by atoms with E-state index >= 15 is 0 Å². The van der Waals surface area contributed by atoms with Crippen LogP contribution in [-0.2, 0) is 4.57 Å². The molecule has 0 saturated carbocycles. The number of benzene rings is 2. The van der Waals surface area contributed by atoms with Crippen molar-refractivity contribution in [2.45, 2.75) is 18.7 Å². The quantitative estimate of drug-likeness (QED) is 0.665. The zero-order chi connectivity index (χ0) is 13.9. The lowest BCUT2D eigenvalue weighted by Gasteiger charge is -2.14. The standard InChI is InChI=1S/C14H14ClO2PS/c1-11-7-3-5-9-13(11)17-18(15,16)19-14-10-6-4-8-12(14)2/h3-10H,1-2H3. The van der Waals surface area contributed by atoms with Gasteiger partial charge in [-0.2, -0.15) is 0 Å². The maximum absolute atomic E-state index is 12.4. The Hall–Kier alpha value is -0.890. The fourth-order valence-electron chi connectivity index (χ4n) is 1.57. The first-order valence-electron chi connectivity index (χ1n) is 5.78. The Morgan fingerprint density at radius 3 is 2.21 bits per heavy atom. The van der Waals surface area contributed by atoms with E-state index in [1.807, 2.05) is 56.3 Å². The van der Waals surface area contributed by atoms with E-state index in [-0.39, 0.29) is 0 Å². The highest BCUT2D eigenvalue weighted by Gasteiger charge is 2.24. The van der Waals surface area contributed by atoms with E-state index in [0.717, 1.165) is 27.4 Å². The Morgan fingerprint density at radius 1 is 1.00 bits per heavy atom. The van der Waals surface area contributed by atoms with E-state index in [1.165, 1.54) is 0 Å². The maximum atomic E-state index is 12.4. The molecule has 0 aliphatic rings. The van der Waals surface area contributed by atoms with Gasteiger partial charge in [0.25, 0.3) is 0 Å². The van der Waals surface area contributed by atoms with E-state index in [1.54, 1.807) is 6.07 Å². The molecule has 2 aromatic carbocycles. The number of rotatable bonds is 4. The topological polar surface area (TPSA) is 26.3 Å². The first-order chi connectivity index (χ1) is 8.98. The average Bonchev–Trinajstić information content (AvgIpc) is 2.35. The highest BCUT2D eigenvalue weighted by molar-refractivity contribution is 8.64. The predicted octanol–water partition coefficient (Wildman–Crippen LogP) is 5.82. The van der Waals surface area contributed by atoms with Gasteiger partial charge in [0, 0.05) is 4.90 Å². The highest BCUT2D eigenvalue weighted by atomic mass is 35.7. The molecule has 19 heavy (non-hydrogen) atoms. The van der Waals surface area contributed by atoms with Crippen molar-refractivity contribution >= 4 is 28.5 Å². The van der Waals surface area contributed by atoms with E-state index in [9.17, 15) is 4.57 Å². The molecule has 0 amide bonds. The van der Waals surface area contributed by atoms with Crippen LogP contribution < -0.4 is 4.52 Å². The fraction of sp³-hybridized carbons (Fsp3) is 0.143. The van der Waals surface area contributed by atoms with Gasteiger partial charge in [-0.05, 0) is 59.7 Å². The average molecular weight is 313 g/mol. The van der Waals surface area contributed by atoms with Crippen LogP contribution in [0.25, 0.3) is 0 Å². The number of halogens is 1. The summed E-state index contributed by atoms with van der Waals surface area (Å²) >= 11 is 7.12. The number of hydrogen-bond donors (Lipinski definition) is 0. The van der Waals surface area contributed by atoms with E-state index in [2.05, 4.69) is 0 Å². The van der Waals surface area contributed by atoms with Gasteiger partial charge in [-0.15, -0.1) is 0 Å². The summed E-state index contributed by atoms with van der Waals surface area (Å²) in [5.74, 6) is -2.74. The van der Waals surface area contributed by atoms with E-state index in [0.29, 0.717) is 5.75 Å². The molecule has 0 aliphatic heterocycles. The van der Waals surface area contributed by atoms with Crippen molar-refractivity contribution in [1.29, 1.82) is 0 Å². The Labute approximate surface area is 122 Å². The van der Waals surface area contributed by atoms with Crippen LogP contribution in [0.4, 0.5) is 0 Å². The molecule has 0 heterocycles. The van der Waals surface area contributed by atoms with Gasteiger partial charge in [-0.1, -0.05) is 36.4 Å². The summed E-state index contributed by atoms with van der Waals surface area (Å²) in [6, 6.07) is 15.0. The number of para-hydroxylation sites is 1. The van der Waals surface area contributed by atoms with Gasteiger partial charge in [-0.3, -0.25) is 0 Å². The van der Waals surface area contributed by atoms with E-state index < -0.39 is 5.92 Å². The SMILES string of the molecule is Cc1ccccc1OP(=O)(Cl)Sc1ccccc1C. The lowest BCUT2D eigenvalue weighted by Crippen LogP contribution is -1.88. The van der Waals surface area contributed by atoms with Crippen molar-refractivity contribution in [3.63, 3.8) is 0 Å². The Bertz CT molecular complexity index is 579. The lowest BCUT2D eigenvalue weighted by molar-refractivity contribution is 0.512. The van der Waals surface area contributed by atoms with Crippen LogP contribution in [0.1, 0.15) is 11.1 Å². The second-order valence-corrected chi connectivity index (χ2v) is 9.74. The summed E-state index contributed by atoms with van der Waals surface area (Å²) in [4.78, 5) is 0.870. The van der Waals surface area contributed by atoms with Gasteiger partial charge in [0.05, 0.1) is 0 Å². The molecule has 0 spiro atoms. The fourth-order valence-corrected chi connectivity index (χ4v) is 5.20. The minimum atomic E-state index is -3.30. The van der Waals surface area contributed by atoms with Gasteiger partial charge >= 0.3 is 5.92 Å². The van der Waals surface area contributed by atoms with Gasteiger partial charge in [0.15, 0.2) is 0 Å². The molecule has 100 valence electrons. The molecule has 2 aromatic rings. The summed E-state index contributed by atoms with van der Waals surface area (Å²) in [6.45, 7) is 3.84. The van der Waals surface area contributed by atoms with Crippen LogP contribution in [0.2, 0.25) is 0 Å². The van der Waals surface area contributed by atoms with Gasteiger partial charge in [0.2, 0.25) is 0 Å². The van der Waals surface area contributed by atoms with Gasteiger partial charge < -0.3 is 4.52 Å². The van der Waals surface area contributed by atoms with Crippen LogP contribution in [0.15, 0.2) is 53.4 Å². The third kappa shape index (κ3) is 4.04. The molecule has 0 fully saturated rings. The van der Waals surface area contributed by atoms with Crippen molar-refractivity contribution in [2.24, 2.45) is 0 Å². The molecular formula is C14H14ClO2PS. The van der Waals surface area contributed by atoms with Crippen LogP contribution in [-0.4, -0.2) is 0 Å². The molecule has 0 aromatic heterocycles. The molecular weight excluding hydrogens is 299 g/mol. The molecule has 2 rings (SSSR count). The molecule has 0 radical (unpaired) electrons. The molecule has 0 bridgehead atoms. The normalized spacial score (nSPS) is 13.8. The second kappa shape index (κ2) is 6.04. The molecule has 0 saturated heterocycles. The van der Waals surface area contributed by atoms with Crippen molar-refractivity contribution in [3.8, 4) is 5.75 Å². The van der Waals surface area contributed by atoms with Crippen LogP contribution in [0.5, 0.6) is 5.75 Å². The maximum Gasteiger partial charge on any atom is 0.398 e. The zero-order valence-corrected chi connectivity index (χ0v) is 13.1. The number of hydrogen-bond acceptors (Lipinski definition) is 3. The van der Waals surface area contributed by atoms with Gasteiger partial charge in [0.1, 0.15) is 5.75 Å². The minimum Gasteiger partial charge on any atom is -0.425 e. The Morgan fingerprint density at radius 2 is 1.58 bits per heavy atom. The summed E-state index contributed by atoms with van der Waals surface area (Å²) in [5, 5.41) is 0. The van der Waals surface area contributed by atoms with Crippen molar-refractivity contribution in [2.75, 3.05) is 0 Å². The van der Waals surface area contributed by atoms with Crippen molar-refractivity contribution < 1.29 is 9.09 Å². The molecule has 5 heteroatoms. The molecule has 1 unspecified atom stereocenters. The van der Waals surface area contributed by atoms with Gasteiger partial charge in [-0.25, -0.2) is 4.57 Å². The Balaban J connectivity index is 2.18. The zero-order valence-electron chi connectivity index (χ0n) is 10.7.